The predicted molar refractivity (Wildman–Crippen MR) is 152 cm³/mol. The molecule has 0 saturated carbocycles. The van der Waals surface area contributed by atoms with Crippen LogP contribution < -0.4 is 5.32 Å². The van der Waals surface area contributed by atoms with Gasteiger partial charge in [0.1, 0.15) is 0 Å². The Bertz CT molecular complexity index is 1490. The normalized spacial score (nSPS) is 15.1. The number of aromatic nitrogens is 2. The second-order valence-electron chi connectivity index (χ2n) is 8.50. The minimum atomic E-state index is -0.101. The molecule has 0 radical (unpaired) electrons. The Morgan fingerprint density at radius 1 is 0.861 bits per heavy atom. The lowest BCUT2D eigenvalue weighted by atomic mass is 9.97. The van der Waals surface area contributed by atoms with E-state index in [1.54, 1.807) is 11.3 Å². The van der Waals surface area contributed by atoms with Crippen molar-refractivity contribution in [2.75, 3.05) is 5.32 Å². The van der Waals surface area contributed by atoms with Gasteiger partial charge in [0.15, 0.2) is 5.11 Å². The molecule has 3 heterocycles. The monoisotopic (exact) mass is 505 g/mol. The van der Waals surface area contributed by atoms with E-state index in [1.807, 2.05) is 76.4 Å². The first-order valence-electron chi connectivity index (χ1n) is 11.7. The molecule has 5 nitrogen and oxygen atoms in total. The Hall–Kier alpha value is -4.07. The van der Waals surface area contributed by atoms with Gasteiger partial charge in [0.25, 0.3) is 0 Å². The van der Waals surface area contributed by atoms with Crippen LogP contribution in [-0.4, -0.2) is 25.6 Å². The van der Waals surface area contributed by atoms with Gasteiger partial charge in [0, 0.05) is 35.0 Å². The number of thiophene rings is 1. The number of hydrazone groups is 1. The van der Waals surface area contributed by atoms with Gasteiger partial charge in [0.2, 0.25) is 0 Å². The molecule has 1 N–H and O–H groups in total. The number of nitrogens with one attached hydrogen (secondary N) is 1. The van der Waals surface area contributed by atoms with Crippen LogP contribution in [-0.2, 0) is 0 Å². The molecule has 6 rings (SSSR count). The van der Waals surface area contributed by atoms with Gasteiger partial charge in [-0.25, -0.2) is 9.69 Å². The number of benzene rings is 3. The van der Waals surface area contributed by atoms with Crippen molar-refractivity contribution >= 4 is 40.1 Å². The van der Waals surface area contributed by atoms with E-state index >= 15 is 0 Å². The molecule has 5 aromatic rings. The summed E-state index contributed by atoms with van der Waals surface area (Å²) >= 11 is 7.57. The fourth-order valence-corrected chi connectivity index (χ4v) is 5.36. The van der Waals surface area contributed by atoms with Crippen LogP contribution in [0.4, 0.5) is 5.69 Å². The van der Waals surface area contributed by atoms with E-state index in [1.165, 1.54) is 0 Å². The van der Waals surface area contributed by atoms with Crippen LogP contribution in [0.5, 0.6) is 0 Å². The first-order chi connectivity index (χ1) is 17.8. The standard InChI is InChI=1S/C29H23N5S2/c35-29(30-23-12-6-2-7-13-23)34-27(18-26(31-34)22-16-17-36-20-22)25-19-33(24-14-8-3-9-15-24)32-28(25)21-10-4-1-5-11-21/h1-17,19-20,27H,18H2,(H,30,35)/t27-/m0/s1. The smallest absolute Gasteiger partial charge is 0.194 e. The van der Waals surface area contributed by atoms with Gasteiger partial charge in [-0.3, -0.25) is 0 Å². The fraction of sp³-hybridized carbons (Fsp3) is 0.0690. The SMILES string of the molecule is S=C(Nc1ccccc1)N1N=C(c2ccsc2)C[C@H]1c1cn(-c2ccccc2)nc1-c1ccccc1. The maximum Gasteiger partial charge on any atom is 0.194 e. The molecular formula is C29H23N5S2. The third-order valence-electron chi connectivity index (χ3n) is 6.17. The van der Waals surface area contributed by atoms with Crippen molar-refractivity contribution in [2.24, 2.45) is 5.10 Å². The molecule has 0 bridgehead atoms. The molecule has 36 heavy (non-hydrogen) atoms. The van der Waals surface area contributed by atoms with Crippen LogP contribution in [0.25, 0.3) is 16.9 Å². The Morgan fingerprint density at radius 2 is 1.56 bits per heavy atom. The number of hydrogen-bond donors (Lipinski definition) is 1. The topological polar surface area (TPSA) is 45.5 Å². The fourth-order valence-electron chi connectivity index (χ4n) is 4.41. The molecule has 0 saturated heterocycles. The van der Waals surface area contributed by atoms with Crippen LogP contribution >= 0.6 is 23.6 Å². The second-order valence-corrected chi connectivity index (χ2v) is 9.67. The van der Waals surface area contributed by atoms with Gasteiger partial charge in [0.05, 0.1) is 23.1 Å². The van der Waals surface area contributed by atoms with Crippen LogP contribution in [0.2, 0.25) is 0 Å². The zero-order valence-corrected chi connectivity index (χ0v) is 21.0. The first-order valence-corrected chi connectivity index (χ1v) is 13.1. The summed E-state index contributed by atoms with van der Waals surface area (Å²) < 4.78 is 1.95. The molecule has 7 heteroatoms. The lowest BCUT2D eigenvalue weighted by Gasteiger charge is -2.24. The maximum atomic E-state index is 5.90. The molecule has 1 aliphatic heterocycles. The molecule has 176 valence electrons. The van der Waals surface area contributed by atoms with Crippen LogP contribution in [0.1, 0.15) is 23.6 Å². The number of para-hydroxylation sites is 2. The number of nitrogens with zero attached hydrogens (tertiary/aromatic N) is 4. The summed E-state index contributed by atoms with van der Waals surface area (Å²) in [6, 6.07) is 32.5. The summed E-state index contributed by atoms with van der Waals surface area (Å²) in [5.41, 5.74) is 7.16. The van der Waals surface area contributed by atoms with E-state index in [9.17, 15) is 0 Å². The number of hydrogen-bond acceptors (Lipinski definition) is 4. The summed E-state index contributed by atoms with van der Waals surface area (Å²) in [6.07, 6.45) is 2.85. The highest BCUT2D eigenvalue weighted by molar-refractivity contribution is 7.80. The second kappa shape index (κ2) is 9.89. The maximum absolute atomic E-state index is 5.90. The third kappa shape index (κ3) is 4.46. The summed E-state index contributed by atoms with van der Waals surface area (Å²) in [5.74, 6) is 0. The zero-order chi connectivity index (χ0) is 24.3. The Balaban J connectivity index is 1.44. The minimum Gasteiger partial charge on any atom is -0.331 e. The molecule has 3 aromatic carbocycles. The Morgan fingerprint density at radius 3 is 2.25 bits per heavy atom. The van der Waals surface area contributed by atoms with Gasteiger partial charge < -0.3 is 5.32 Å². The Labute approximate surface area is 219 Å². The summed E-state index contributed by atoms with van der Waals surface area (Å²) in [6.45, 7) is 0. The highest BCUT2D eigenvalue weighted by Gasteiger charge is 2.35. The van der Waals surface area contributed by atoms with Crippen molar-refractivity contribution < 1.29 is 0 Å². The number of rotatable bonds is 5. The van der Waals surface area contributed by atoms with E-state index in [0.717, 1.165) is 45.9 Å². The quantitative estimate of drug-likeness (QED) is 0.258. The van der Waals surface area contributed by atoms with Crippen molar-refractivity contribution in [3.8, 4) is 16.9 Å². The molecular weight excluding hydrogens is 482 g/mol. The van der Waals surface area contributed by atoms with Gasteiger partial charge >= 0.3 is 0 Å². The number of anilines is 1. The van der Waals surface area contributed by atoms with Gasteiger partial charge in [-0.05, 0) is 53.3 Å². The summed E-state index contributed by atoms with van der Waals surface area (Å²) in [7, 11) is 0. The first kappa shape index (κ1) is 22.4. The van der Waals surface area contributed by atoms with E-state index in [0.29, 0.717) is 5.11 Å². The molecule has 0 spiro atoms. The third-order valence-corrected chi connectivity index (χ3v) is 7.14. The van der Waals surface area contributed by atoms with Gasteiger partial charge in [-0.1, -0.05) is 66.7 Å². The Kier molecular flexibility index (Phi) is 6.15. The molecule has 0 amide bonds. The van der Waals surface area contributed by atoms with E-state index in [2.05, 4.69) is 52.6 Å². The minimum absolute atomic E-state index is 0.101. The molecule has 0 unspecified atom stereocenters. The highest BCUT2D eigenvalue weighted by Crippen LogP contribution is 2.39. The van der Waals surface area contributed by atoms with Crippen molar-refractivity contribution in [1.82, 2.24) is 14.8 Å². The highest BCUT2D eigenvalue weighted by atomic mass is 32.1. The zero-order valence-electron chi connectivity index (χ0n) is 19.4. The number of thiocarbonyl (C=S) groups is 1. The lowest BCUT2D eigenvalue weighted by Crippen LogP contribution is -2.31. The van der Waals surface area contributed by atoms with Crippen molar-refractivity contribution in [3.63, 3.8) is 0 Å². The van der Waals surface area contributed by atoms with Gasteiger partial charge in [-0.15, -0.1) is 0 Å². The largest absolute Gasteiger partial charge is 0.331 e. The predicted octanol–water partition coefficient (Wildman–Crippen LogP) is 7.15. The average molecular weight is 506 g/mol. The van der Waals surface area contributed by atoms with Crippen molar-refractivity contribution in [1.29, 1.82) is 0 Å². The average Bonchev–Trinajstić information content (AvgIpc) is 3.70. The van der Waals surface area contributed by atoms with E-state index in [-0.39, 0.29) is 6.04 Å². The van der Waals surface area contributed by atoms with Crippen LogP contribution in [0, 0.1) is 0 Å². The van der Waals surface area contributed by atoms with E-state index in [4.69, 9.17) is 22.4 Å². The molecule has 0 aliphatic carbocycles. The van der Waals surface area contributed by atoms with Crippen LogP contribution in [0.3, 0.4) is 0 Å². The van der Waals surface area contributed by atoms with Crippen molar-refractivity contribution in [2.45, 2.75) is 12.5 Å². The lowest BCUT2D eigenvalue weighted by molar-refractivity contribution is 0.376. The molecule has 0 fully saturated rings. The molecule has 1 aliphatic rings. The molecule has 2 aromatic heterocycles. The van der Waals surface area contributed by atoms with Crippen LogP contribution in [0.15, 0.2) is 119 Å². The van der Waals surface area contributed by atoms with E-state index < -0.39 is 0 Å². The summed E-state index contributed by atoms with van der Waals surface area (Å²) in [4.78, 5) is 0. The molecule has 1 atom stereocenters. The summed E-state index contributed by atoms with van der Waals surface area (Å²) in [5, 5.41) is 20.1. The van der Waals surface area contributed by atoms with Gasteiger partial charge in [-0.2, -0.15) is 21.5 Å². The van der Waals surface area contributed by atoms with Crippen molar-refractivity contribution in [3.05, 3.63) is 125 Å².